The van der Waals surface area contributed by atoms with Gasteiger partial charge in [-0.25, -0.2) is 4.39 Å². The average molecular weight is 511 g/mol. The molecule has 2 aromatic rings. The van der Waals surface area contributed by atoms with E-state index < -0.39 is 6.04 Å². The van der Waals surface area contributed by atoms with Gasteiger partial charge in [-0.2, -0.15) is 0 Å². The first-order valence-corrected chi connectivity index (χ1v) is 13.1. The van der Waals surface area contributed by atoms with Crippen LogP contribution in [0.4, 0.5) is 4.39 Å². The summed E-state index contributed by atoms with van der Waals surface area (Å²) in [6.45, 7) is 2.15. The van der Waals surface area contributed by atoms with Crippen molar-refractivity contribution in [3.05, 3.63) is 69.5 Å². The lowest BCUT2D eigenvalue weighted by Crippen LogP contribution is -2.51. The third kappa shape index (κ3) is 7.36. The predicted octanol–water partition coefficient (Wildman–Crippen LogP) is 6.23. The number of carbonyl (C=O) groups is 2. The van der Waals surface area contributed by atoms with Crippen LogP contribution >= 0.6 is 35.0 Å². The van der Waals surface area contributed by atoms with Crippen molar-refractivity contribution in [2.24, 2.45) is 0 Å². The fourth-order valence-corrected chi connectivity index (χ4v) is 5.29. The zero-order valence-corrected chi connectivity index (χ0v) is 21.0. The molecule has 0 saturated heterocycles. The molecule has 0 bridgehead atoms. The third-order valence-corrected chi connectivity index (χ3v) is 7.57. The summed E-state index contributed by atoms with van der Waals surface area (Å²) >= 11 is 13.6. The lowest BCUT2D eigenvalue weighted by Gasteiger charge is -2.31. The summed E-state index contributed by atoms with van der Waals surface area (Å²) in [4.78, 5) is 28.0. The Morgan fingerprint density at radius 3 is 2.55 bits per heavy atom. The van der Waals surface area contributed by atoms with Crippen molar-refractivity contribution < 1.29 is 14.0 Å². The summed E-state index contributed by atoms with van der Waals surface area (Å²) in [6.07, 6.45) is 4.66. The Hall–Kier alpha value is -1.76. The Bertz CT molecular complexity index is 969. The quantitative estimate of drug-likeness (QED) is 0.411. The molecule has 1 N–H and O–H groups in total. The topological polar surface area (TPSA) is 49.4 Å². The van der Waals surface area contributed by atoms with Crippen molar-refractivity contribution in [1.82, 2.24) is 10.2 Å². The highest BCUT2D eigenvalue weighted by Gasteiger charge is 2.30. The number of amides is 2. The van der Waals surface area contributed by atoms with Crippen LogP contribution in [0.25, 0.3) is 0 Å². The second-order valence-corrected chi connectivity index (χ2v) is 10.1. The number of hydrogen-bond donors (Lipinski definition) is 1. The second-order valence-electron chi connectivity index (χ2n) is 8.27. The van der Waals surface area contributed by atoms with Gasteiger partial charge in [-0.15, -0.1) is 11.8 Å². The van der Waals surface area contributed by atoms with Crippen LogP contribution in [0.2, 0.25) is 10.0 Å². The number of halogens is 3. The molecule has 0 aliphatic heterocycles. The van der Waals surface area contributed by atoms with E-state index in [0.717, 1.165) is 31.2 Å². The maximum Gasteiger partial charge on any atom is 0.243 e. The van der Waals surface area contributed by atoms with Crippen LogP contribution in [-0.2, 0) is 21.9 Å². The molecule has 0 aromatic heterocycles. The Morgan fingerprint density at radius 1 is 1.15 bits per heavy atom. The van der Waals surface area contributed by atoms with Crippen molar-refractivity contribution >= 4 is 46.8 Å². The minimum atomic E-state index is -0.596. The molecule has 1 fully saturated rings. The monoisotopic (exact) mass is 510 g/mol. The normalized spacial score (nSPS) is 14.8. The van der Waals surface area contributed by atoms with E-state index in [1.807, 2.05) is 13.0 Å². The molecular weight excluding hydrogens is 482 g/mol. The van der Waals surface area contributed by atoms with Gasteiger partial charge in [-0.1, -0.05) is 67.2 Å². The maximum atomic E-state index is 13.9. The van der Waals surface area contributed by atoms with E-state index in [2.05, 4.69) is 5.32 Å². The average Bonchev–Trinajstić information content (AvgIpc) is 3.30. The summed E-state index contributed by atoms with van der Waals surface area (Å²) in [5.41, 5.74) is 1.35. The van der Waals surface area contributed by atoms with E-state index in [1.54, 1.807) is 35.2 Å². The number of benzene rings is 2. The standard InChI is InChI=1S/C25H29Cl2FN2O2S/c1-2-23(25(32)29-19-8-4-5-9-19)30(14-17-11-12-20(26)21(27)13-17)24(31)16-33-15-18-7-3-6-10-22(18)28/h3,6-7,10-13,19,23H,2,4-5,8-9,14-16H2,1H3,(H,29,32). The molecule has 178 valence electrons. The fraction of sp³-hybridized carbons (Fsp3) is 0.440. The smallest absolute Gasteiger partial charge is 0.243 e. The molecule has 1 unspecified atom stereocenters. The fourth-order valence-electron chi connectivity index (χ4n) is 4.07. The van der Waals surface area contributed by atoms with E-state index >= 15 is 0 Å². The molecule has 2 amide bonds. The maximum absolute atomic E-state index is 13.9. The molecule has 2 aromatic carbocycles. The highest BCUT2D eigenvalue weighted by molar-refractivity contribution is 7.99. The number of rotatable bonds is 10. The van der Waals surface area contributed by atoms with Gasteiger partial charge in [0.25, 0.3) is 0 Å². The number of nitrogens with one attached hydrogen (secondary N) is 1. The van der Waals surface area contributed by atoms with Crippen LogP contribution in [-0.4, -0.2) is 34.6 Å². The van der Waals surface area contributed by atoms with Gasteiger partial charge in [0.15, 0.2) is 0 Å². The zero-order valence-electron chi connectivity index (χ0n) is 18.7. The summed E-state index contributed by atoms with van der Waals surface area (Å²) < 4.78 is 13.9. The summed E-state index contributed by atoms with van der Waals surface area (Å²) in [5.74, 6) is -0.0623. The van der Waals surface area contributed by atoms with Crippen molar-refractivity contribution in [2.45, 2.75) is 63.4 Å². The van der Waals surface area contributed by atoms with Crippen LogP contribution in [0.3, 0.4) is 0 Å². The van der Waals surface area contributed by atoms with Gasteiger partial charge >= 0.3 is 0 Å². The van der Waals surface area contributed by atoms with Crippen LogP contribution in [0, 0.1) is 5.82 Å². The molecule has 0 radical (unpaired) electrons. The molecule has 4 nitrogen and oxygen atoms in total. The molecule has 1 aliphatic rings. The highest BCUT2D eigenvalue weighted by atomic mass is 35.5. The van der Waals surface area contributed by atoms with Crippen molar-refractivity contribution in [2.75, 3.05) is 5.75 Å². The van der Waals surface area contributed by atoms with Gasteiger partial charge in [0.2, 0.25) is 11.8 Å². The largest absolute Gasteiger partial charge is 0.352 e. The molecule has 3 rings (SSSR count). The van der Waals surface area contributed by atoms with Gasteiger partial charge in [0, 0.05) is 18.3 Å². The minimum absolute atomic E-state index is 0.128. The van der Waals surface area contributed by atoms with Crippen molar-refractivity contribution in [3.8, 4) is 0 Å². The predicted molar refractivity (Wildman–Crippen MR) is 134 cm³/mol. The van der Waals surface area contributed by atoms with E-state index in [1.165, 1.54) is 17.8 Å². The molecule has 8 heteroatoms. The van der Waals surface area contributed by atoms with Crippen LogP contribution < -0.4 is 5.32 Å². The Labute approximate surface area is 209 Å². The van der Waals surface area contributed by atoms with Crippen molar-refractivity contribution in [1.29, 1.82) is 0 Å². The first-order valence-electron chi connectivity index (χ1n) is 11.2. The highest BCUT2D eigenvalue weighted by Crippen LogP contribution is 2.25. The summed E-state index contributed by atoms with van der Waals surface area (Å²) in [7, 11) is 0. The zero-order chi connectivity index (χ0) is 23.8. The third-order valence-electron chi connectivity index (χ3n) is 5.87. The van der Waals surface area contributed by atoms with Gasteiger partial charge in [-0.3, -0.25) is 9.59 Å². The minimum Gasteiger partial charge on any atom is -0.352 e. The Balaban J connectivity index is 1.73. The van der Waals surface area contributed by atoms with Gasteiger partial charge < -0.3 is 10.2 Å². The van der Waals surface area contributed by atoms with Crippen LogP contribution in [0.15, 0.2) is 42.5 Å². The van der Waals surface area contributed by atoms with Crippen molar-refractivity contribution in [3.63, 3.8) is 0 Å². The number of nitrogens with zero attached hydrogens (tertiary/aromatic N) is 1. The van der Waals surface area contributed by atoms with Gasteiger partial charge in [0.05, 0.1) is 15.8 Å². The first kappa shape index (κ1) is 25.9. The molecule has 1 aliphatic carbocycles. The van der Waals surface area contributed by atoms with E-state index in [0.29, 0.717) is 27.8 Å². The Kier molecular flexibility index (Phi) is 9.90. The molecular formula is C25H29Cl2FN2O2S. The van der Waals surface area contributed by atoms with E-state index in [4.69, 9.17) is 23.2 Å². The molecule has 1 atom stereocenters. The van der Waals surface area contributed by atoms with E-state index in [-0.39, 0.29) is 36.0 Å². The van der Waals surface area contributed by atoms with Gasteiger partial charge in [0.1, 0.15) is 11.9 Å². The van der Waals surface area contributed by atoms with Crippen LogP contribution in [0.5, 0.6) is 0 Å². The molecule has 33 heavy (non-hydrogen) atoms. The Morgan fingerprint density at radius 2 is 1.88 bits per heavy atom. The lowest BCUT2D eigenvalue weighted by molar-refractivity contribution is -0.139. The lowest BCUT2D eigenvalue weighted by atomic mass is 10.1. The summed E-state index contributed by atoms with van der Waals surface area (Å²) in [5, 5.41) is 3.96. The first-order chi connectivity index (χ1) is 15.9. The number of thioether (sulfide) groups is 1. The number of hydrogen-bond acceptors (Lipinski definition) is 3. The molecule has 0 heterocycles. The van der Waals surface area contributed by atoms with Crippen LogP contribution in [0.1, 0.15) is 50.2 Å². The summed E-state index contributed by atoms with van der Waals surface area (Å²) in [6, 6.07) is 11.3. The SMILES string of the molecule is CCC(C(=O)NC1CCCC1)N(Cc1ccc(Cl)c(Cl)c1)C(=O)CSCc1ccccc1F. The van der Waals surface area contributed by atoms with E-state index in [9.17, 15) is 14.0 Å². The van der Waals surface area contributed by atoms with Gasteiger partial charge in [-0.05, 0) is 48.6 Å². The second kappa shape index (κ2) is 12.6. The molecule has 1 saturated carbocycles. The molecule has 0 spiro atoms. The number of carbonyl (C=O) groups excluding carboxylic acids is 2.